The van der Waals surface area contributed by atoms with Crippen LogP contribution in [0.25, 0.3) is 23.3 Å². The highest BCUT2D eigenvalue weighted by molar-refractivity contribution is 5.92. The van der Waals surface area contributed by atoms with Crippen LogP contribution in [-0.4, -0.2) is 26.2 Å². The SMILES string of the molecule is COC(=O)/C=C/c1ccccc1-c1ccccc1/C=C/C(=O)OC. The second-order valence-electron chi connectivity index (χ2n) is 4.89. The molecule has 0 saturated carbocycles. The molecule has 0 aliphatic rings. The van der Waals surface area contributed by atoms with Crippen molar-refractivity contribution in [2.24, 2.45) is 0 Å². The van der Waals surface area contributed by atoms with E-state index < -0.39 is 11.9 Å². The summed E-state index contributed by atoms with van der Waals surface area (Å²) in [7, 11) is 2.68. The second kappa shape index (κ2) is 8.48. The summed E-state index contributed by atoms with van der Waals surface area (Å²) >= 11 is 0. The summed E-state index contributed by atoms with van der Waals surface area (Å²) in [6.45, 7) is 0. The molecular formula is C20H18O4. The van der Waals surface area contributed by atoms with Crippen molar-refractivity contribution in [3.05, 3.63) is 71.8 Å². The molecule has 0 aliphatic heterocycles. The maximum absolute atomic E-state index is 11.3. The van der Waals surface area contributed by atoms with E-state index in [0.29, 0.717) is 0 Å². The lowest BCUT2D eigenvalue weighted by Gasteiger charge is -2.10. The molecule has 0 unspecified atom stereocenters. The molecule has 0 aromatic heterocycles. The molecule has 2 aromatic rings. The molecule has 2 aromatic carbocycles. The Morgan fingerprint density at radius 2 is 1.08 bits per heavy atom. The molecule has 2 rings (SSSR count). The van der Waals surface area contributed by atoms with Gasteiger partial charge in [-0.05, 0) is 34.4 Å². The third-order valence-electron chi connectivity index (χ3n) is 3.41. The molecule has 0 saturated heterocycles. The summed E-state index contributed by atoms with van der Waals surface area (Å²) in [5.74, 6) is -0.827. The molecule has 0 fully saturated rings. The first kappa shape index (κ1) is 17.2. The predicted octanol–water partition coefficient (Wildman–Crippen LogP) is 3.73. The number of carbonyl (C=O) groups is 2. The van der Waals surface area contributed by atoms with Gasteiger partial charge in [0.1, 0.15) is 0 Å². The Labute approximate surface area is 141 Å². The minimum atomic E-state index is -0.413. The summed E-state index contributed by atoms with van der Waals surface area (Å²) in [4.78, 5) is 22.7. The summed E-state index contributed by atoms with van der Waals surface area (Å²) in [5.41, 5.74) is 3.65. The molecule has 0 heterocycles. The lowest BCUT2D eigenvalue weighted by molar-refractivity contribution is -0.135. The Kier molecular flexibility index (Phi) is 6.08. The van der Waals surface area contributed by atoms with Crippen LogP contribution >= 0.6 is 0 Å². The third kappa shape index (κ3) is 4.43. The number of esters is 2. The zero-order valence-electron chi connectivity index (χ0n) is 13.6. The van der Waals surface area contributed by atoms with Gasteiger partial charge in [0.25, 0.3) is 0 Å². The average Bonchev–Trinajstić information content (AvgIpc) is 2.64. The number of ether oxygens (including phenoxy) is 2. The van der Waals surface area contributed by atoms with Crippen LogP contribution in [0.1, 0.15) is 11.1 Å². The largest absolute Gasteiger partial charge is 0.466 e. The summed E-state index contributed by atoms with van der Waals surface area (Å²) in [6, 6.07) is 15.4. The Balaban J connectivity index is 2.46. The molecule has 0 bridgehead atoms. The van der Waals surface area contributed by atoms with Crippen molar-refractivity contribution >= 4 is 24.1 Å². The van der Waals surface area contributed by atoms with Gasteiger partial charge in [-0.1, -0.05) is 48.5 Å². The normalized spacial score (nSPS) is 10.9. The molecule has 122 valence electrons. The molecule has 0 atom stereocenters. The summed E-state index contributed by atoms with van der Waals surface area (Å²) in [5, 5.41) is 0. The first-order chi connectivity index (χ1) is 11.7. The van der Waals surface area contributed by atoms with E-state index in [2.05, 4.69) is 9.47 Å². The maximum atomic E-state index is 11.3. The van der Waals surface area contributed by atoms with Crippen molar-refractivity contribution in [2.45, 2.75) is 0 Å². The van der Waals surface area contributed by atoms with E-state index >= 15 is 0 Å². The highest BCUT2D eigenvalue weighted by atomic mass is 16.5. The number of hydrogen-bond donors (Lipinski definition) is 0. The Morgan fingerprint density at radius 3 is 1.46 bits per heavy atom. The summed E-state index contributed by atoms with van der Waals surface area (Å²) < 4.78 is 9.26. The lowest BCUT2D eigenvalue weighted by atomic mass is 9.95. The smallest absolute Gasteiger partial charge is 0.330 e. The number of benzene rings is 2. The number of rotatable bonds is 5. The van der Waals surface area contributed by atoms with E-state index in [1.807, 2.05) is 48.5 Å². The van der Waals surface area contributed by atoms with Crippen molar-refractivity contribution in [3.63, 3.8) is 0 Å². The van der Waals surface area contributed by atoms with Crippen LogP contribution in [0.15, 0.2) is 60.7 Å². The van der Waals surface area contributed by atoms with Crippen molar-refractivity contribution < 1.29 is 19.1 Å². The fraction of sp³-hybridized carbons (Fsp3) is 0.100. The standard InChI is InChI=1S/C20H18O4/c1-23-19(21)13-11-15-7-3-5-9-17(15)18-10-6-4-8-16(18)12-14-20(22)24-2/h3-14H,1-2H3/b13-11+,14-12+. The van der Waals surface area contributed by atoms with Gasteiger partial charge in [0.05, 0.1) is 14.2 Å². The van der Waals surface area contributed by atoms with E-state index in [1.54, 1.807) is 12.2 Å². The number of carbonyl (C=O) groups excluding carboxylic acids is 2. The van der Waals surface area contributed by atoms with Gasteiger partial charge >= 0.3 is 11.9 Å². The van der Waals surface area contributed by atoms with Gasteiger partial charge in [0, 0.05) is 12.2 Å². The van der Waals surface area contributed by atoms with E-state index in [0.717, 1.165) is 22.3 Å². The average molecular weight is 322 g/mol. The minimum Gasteiger partial charge on any atom is -0.466 e. The molecule has 0 aliphatic carbocycles. The molecule has 0 amide bonds. The molecular weight excluding hydrogens is 304 g/mol. The first-order valence-electron chi connectivity index (χ1n) is 7.36. The Hall–Kier alpha value is -3.14. The van der Waals surface area contributed by atoms with Gasteiger partial charge in [-0.3, -0.25) is 0 Å². The van der Waals surface area contributed by atoms with Crippen LogP contribution in [0, 0.1) is 0 Å². The van der Waals surface area contributed by atoms with Crippen molar-refractivity contribution in [1.29, 1.82) is 0 Å². The van der Waals surface area contributed by atoms with E-state index in [1.165, 1.54) is 26.4 Å². The monoisotopic (exact) mass is 322 g/mol. The molecule has 0 radical (unpaired) electrons. The van der Waals surface area contributed by atoms with E-state index in [-0.39, 0.29) is 0 Å². The Morgan fingerprint density at radius 1 is 0.708 bits per heavy atom. The maximum Gasteiger partial charge on any atom is 0.330 e. The van der Waals surface area contributed by atoms with Crippen LogP contribution in [-0.2, 0) is 19.1 Å². The van der Waals surface area contributed by atoms with E-state index in [9.17, 15) is 9.59 Å². The minimum absolute atomic E-state index is 0.413. The predicted molar refractivity (Wildman–Crippen MR) is 94.0 cm³/mol. The van der Waals surface area contributed by atoms with Gasteiger partial charge in [0.15, 0.2) is 0 Å². The fourth-order valence-corrected chi connectivity index (χ4v) is 2.23. The highest BCUT2D eigenvalue weighted by Crippen LogP contribution is 2.28. The van der Waals surface area contributed by atoms with Crippen molar-refractivity contribution in [3.8, 4) is 11.1 Å². The van der Waals surface area contributed by atoms with Gasteiger partial charge in [-0.2, -0.15) is 0 Å². The van der Waals surface area contributed by atoms with Crippen LogP contribution in [0.4, 0.5) is 0 Å². The van der Waals surface area contributed by atoms with Crippen LogP contribution in [0.2, 0.25) is 0 Å². The third-order valence-corrected chi connectivity index (χ3v) is 3.41. The number of hydrogen-bond acceptors (Lipinski definition) is 4. The van der Waals surface area contributed by atoms with Crippen LogP contribution in [0.5, 0.6) is 0 Å². The lowest BCUT2D eigenvalue weighted by Crippen LogP contribution is -1.95. The first-order valence-corrected chi connectivity index (χ1v) is 7.36. The molecule has 4 nitrogen and oxygen atoms in total. The topological polar surface area (TPSA) is 52.6 Å². The van der Waals surface area contributed by atoms with Crippen LogP contribution < -0.4 is 0 Å². The van der Waals surface area contributed by atoms with Gasteiger partial charge in [0.2, 0.25) is 0 Å². The summed E-state index contributed by atoms with van der Waals surface area (Å²) in [6.07, 6.45) is 6.18. The van der Waals surface area contributed by atoms with E-state index in [4.69, 9.17) is 0 Å². The second-order valence-corrected chi connectivity index (χ2v) is 4.89. The van der Waals surface area contributed by atoms with Crippen LogP contribution in [0.3, 0.4) is 0 Å². The molecule has 0 N–H and O–H groups in total. The number of methoxy groups -OCH3 is 2. The quantitative estimate of drug-likeness (QED) is 0.622. The van der Waals surface area contributed by atoms with Gasteiger partial charge in [-0.25, -0.2) is 9.59 Å². The highest BCUT2D eigenvalue weighted by Gasteiger charge is 2.07. The fourth-order valence-electron chi connectivity index (χ4n) is 2.23. The van der Waals surface area contributed by atoms with Crippen molar-refractivity contribution in [1.82, 2.24) is 0 Å². The Bertz CT molecular complexity index is 720. The van der Waals surface area contributed by atoms with Gasteiger partial charge in [-0.15, -0.1) is 0 Å². The molecule has 24 heavy (non-hydrogen) atoms. The molecule has 0 spiro atoms. The zero-order chi connectivity index (χ0) is 17.4. The zero-order valence-corrected chi connectivity index (χ0v) is 13.6. The molecule has 4 heteroatoms. The van der Waals surface area contributed by atoms with Crippen molar-refractivity contribution in [2.75, 3.05) is 14.2 Å². The van der Waals surface area contributed by atoms with Gasteiger partial charge < -0.3 is 9.47 Å².